The molecule has 0 unspecified atom stereocenters. The van der Waals surface area contributed by atoms with Crippen molar-refractivity contribution in [3.05, 3.63) is 64.6 Å². The average Bonchev–Trinajstić information content (AvgIpc) is 3.11. The van der Waals surface area contributed by atoms with E-state index in [1.807, 2.05) is 24.5 Å². The van der Waals surface area contributed by atoms with Crippen LogP contribution in [0.5, 0.6) is 0 Å². The lowest BCUT2D eigenvalue weighted by Gasteiger charge is -2.17. The maximum absolute atomic E-state index is 5.10. The van der Waals surface area contributed by atoms with E-state index < -0.39 is 0 Å². The number of imidazole rings is 1. The summed E-state index contributed by atoms with van der Waals surface area (Å²) in [5.74, 6) is 1.69. The normalized spacial score (nSPS) is 11.9. The fourth-order valence-electron chi connectivity index (χ4n) is 4.27. The van der Waals surface area contributed by atoms with Crippen LogP contribution in [0.15, 0.2) is 36.8 Å². The Kier molecular flexibility index (Phi) is 3.81. The summed E-state index contributed by atoms with van der Waals surface area (Å²) in [6.45, 7) is 11.0. The number of benzene rings is 1. The minimum Gasteiger partial charge on any atom is -0.338 e. The van der Waals surface area contributed by atoms with Crippen LogP contribution < -0.4 is 5.32 Å². The number of nitrogens with one attached hydrogen (secondary N) is 2. The first-order valence-electron chi connectivity index (χ1n) is 9.81. The summed E-state index contributed by atoms with van der Waals surface area (Å²) in [6.07, 6.45) is 5.44. The molecule has 2 N–H and O–H groups in total. The van der Waals surface area contributed by atoms with Crippen LogP contribution in [-0.4, -0.2) is 19.9 Å². The molecule has 0 atom stereocenters. The molecule has 4 aromatic rings. The number of pyridine rings is 2. The number of aromatic amines is 1. The van der Waals surface area contributed by atoms with Crippen molar-refractivity contribution in [2.24, 2.45) is 0 Å². The fourth-order valence-corrected chi connectivity index (χ4v) is 4.27. The molecule has 0 saturated heterocycles. The first-order chi connectivity index (χ1) is 14.0. The van der Waals surface area contributed by atoms with Gasteiger partial charge in [0.25, 0.3) is 0 Å². The van der Waals surface area contributed by atoms with Gasteiger partial charge in [-0.15, -0.1) is 0 Å². The second kappa shape index (κ2) is 6.27. The molecule has 1 aliphatic rings. The van der Waals surface area contributed by atoms with Crippen LogP contribution in [0.3, 0.4) is 0 Å². The molecule has 29 heavy (non-hydrogen) atoms. The molecule has 5 rings (SSSR count). The van der Waals surface area contributed by atoms with Gasteiger partial charge in [-0.1, -0.05) is 0 Å². The largest absolute Gasteiger partial charge is 0.338 e. The summed E-state index contributed by atoms with van der Waals surface area (Å²) in [5.41, 5.74) is 12.6. The third-order valence-corrected chi connectivity index (χ3v) is 6.35. The Morgan fingerprint density at radius 3 is 2.28 bits per heavy atom. The van der Waals surface area contributed by atoms with Gasteiger partial charge in [-0.25, -0.2) is 9.97 Å². The molecular formula is C24H23N5. The summed E-state index contributed by atoms with van der Waals surface area (Å²) in [5, 5.41) is 3.41. The molecule has 1 aromatic carbocycles. The van der Waals surface area contributed by atoms with Gasteiger partial charge < -0.3 is 10.3 Å². The van der Waals surface area contributed by atoms with Gasteiger partial charge in [0, 0.05) is 29.1 Å². The molecule has 0 amide bonds. The first kappa shape index (κ1) is 17.6. The molecule has 0 radical (unpaired) electrons. The number of nitrogens with zero attached hydrogens (tertiary/aromatic N) is 3. The van der Waals surface area contributed by atoms with Crippen LogP contribution in [0.4, 0.5) is 11.5 Å². The number of fused-ring (bicyclic) bond motifs is 5. The van der Waals surface area contributed by atoms with E-state index in [0.29, 0.717) is 0 Å². The van der Waals surface area contributed by atoms with E-state index in [4.69, 9.17) is 4.98 Å². The van der Waals surface area contributed by atoms with Crippen molar-refractivity contribution >= 4 is 11.5 Å². The highest BCUT2D eigenvalue weighted by Crippen LogP contribution is 2.43. The van der Waals surface area contributed by atoms with Crippen LogP contribution >= 0.6 is 0 Å². The summed E-state index contributed by atoms with van der Waals surface area (Å²) >= 11 is 0. The van der Waals surface area contributed by atoms with E-state index in [0.717, 1.165) is 39.8 Å². The van der Waals surface area contributed by atoms with Crippen molar-refractivity contribution in [1.82, 2.24) is 19.9 Å². The zero-order valence-corrected chi connectivity index (χ0v) is 17.3. The molecule has 0 fully saturated rings. The highest BCUT2D eigenvalue weighted by molar-refractivity contribution is 5.95. The van der Waals surface area contributed by atoms with Gasteiger partial charge in [-0.05, 0) is 80.6 Å². The Morgan fingerprint density at radius 2 is 1.52 bits per heavy atom. The summed E-state index contributed by atoms with van der Waals surface area (Å²) in [7, 11) is 0. The van der Waals surface area contributed by atoms with Crippen LogP contribution in [0.1, 0.15) is 27.8 Å². The van der Waals surface area contributed by atoms with Gasteiger partial charge in [-0.3, -0.25) is 4.98 Å². The average molecular weight is 381 g/mol. The van der Waals surface area contributed by atoms with Crippen LogP contribution in [0, 0.1) is 34.6 Å². The Labute approximate surface area is 170 Å². The maximum atomic E-state index is 5.10. The molecule has 0 aliphatic carbocycles. The van der Waals surface area contributed by atoms with Gasteiger partial charge in [0.1, 0.15) is 17.3 Å². The summed E-state index contributed by atoms with van der Waals surface area (Å²) in [4.78, 5) is 17.6. The minimum absolute atomic E-state index is 0.795. The second-order valence-electron chi connectivity index (χ2n) is 7.75. The first-order valence-corrected chi connectivity index (χ1v) is 9.81. The lowest BCUT2D eigenvalue weighted by Crippen LogP contribution is -2.01. The van der Waals surface area contributed by atoms with Crippen LogP contribution in [-0.2, 0) is 0 Å². The number of hydrogen-bond donors (Lipinski definition) is 2. The molecule has 0 bridgehead atoms. The molecule has 1 aliphatic heterocycles. The molecular weight excluding hydrogens is 358 g/mol. The molecule has 5 heteroatoms. The van der Waals surface area contributed by atoms with Gasteiger partial charge in [0.05, 0.1) is 17.6 Å². The van der Waals surface area contributed by atoms with Crippen molar-refractivity contribution in [3.8, 4) is 33.9 Å². The predicted molar refractivity (Wildman–Crippen MR) is 117 cm³/mol. The number of anilines is 2. The Hall–Kier alpha value is -3.47. The number of aromatic nitrogens is 4. The summed E-state index contributed by atoms with van der Waals surface area (Å²) in [6, 6.07) is 6.02. The smallest absolute Gasteiger partial charge is 0.139 e. The Morgan fingerprint density at radius 1 is 0.793 bits per heavy atom. The zero-order chi connectivity index (χ0) is 20.3. The number of hydrogen-bond acceptors (Lipinski definition) is 4. The fraction of sp³-hybridized carbons (Fsp3) is 0.208. The number of H-pyrrole nitrogens is 1. The van der Waals surface area contributed by atoms with E-state index in [2.05, 4.69) is 61.0 Å². The zero-order valence-electron chi connectivity index (χ0n) is 17.3. The SMILES string of the molecule is Cc1c(C)c(C)c(-c2nc3c([nH]2)-c2ccncc2Nc2ncccc2-3)c(C)c1C. The topological polar surface area (TPSA) is 66.5 Å². The minimum atomic E-state index is 0.795. The molecule has 5 nitrogen and oxygen atoms in total. The third kappa shape index (κ3) is 2.50. The van der Waals surface area contributed by atoms with Gasteiger partial charge in [-0.2, -0.15) is 0 Å². The van der Waals surface area contributed by atoms with Crippen LogP contribution in [0.2, 0.25) is 0 Å². The third-order valence-electron chi connectivity index (χ3n) is 6.35. The number of rotatable bonds is 1. The van der Waals surface area contributed by atoms with Gasteiger partial charge in [0.2, 0.25) is 0 Å². The lowest BCUT2D eigenvalue weighted by atomic mass is 9.89. The molecule has 144 valence electrons. The van der Waals surface area contributed by atoms with Gasteiger partial charge >= 0.3 is 0 Å². The van der Waals surface area contributed by atoms with E-state index in [1.165, 1.54) is 33.4 Å². The maximum Gasteiger partial charge on any atom is 0.139 e. The second-order valence-corrected chi connectivity index (χ2v) is 7.75. The van der Waals surface area contributed by atoms with Crippen LogP contribution in [0.25, 0.3) is 33.9 Å². The highest BCUT2D eigenvalue weighted by atomic mass is 15.0. The monoisotopic (exact) mass is 381 g/mol. The highest BCUT2D eigenvalue weighted by Gasteiger charge is 2.25. The standard InChI is InChI=1S/C24H23N5/c1-12-13(2)15(4)20(16(5)14(12)3)24-28-21-17-8-10-25-11-19(17)27-23-18(22(21)29-24)7-6-9-26-23/h6-11H,1-5H3,(H,26,27)(H,28,29). The molecule has 3 aromatic heterocycles. The van der Waals surface area contributed by atoms with Crippen molar-refractivity contribution in [2.45, 2.75) is 34.6 Å². The van der Waals surface area contributed by atoms with E-state index in [-0.39, 0.29) is 0 Å². The van der Waals surface area contributed by atoms with Crippen molar-refractivity contribution in [2.75, 3.05) is 5.32 Å². The van der Waals surface area contributed by atoms with Crippen molar-refractivity contribution in [3.63, 3.8) is 0 Å². The molecule has 4 heterocycles. The predicted octanol–water partition coefficient (Wildman–Crippen LogP) is 5.80. The van der Waals surface area contributed by atoms with Gasteiger partial charge in [0.15, 0.2) is 0 Å². The van der Waals surface area contributed by atoms with E-state index >= 15 is 0 Å². The Balaban J connectivity index is 1.84. The van der Waals surface area contributed by atoms with Crippen molar-refractivity contribution < 1.29 is 0 Å². The Bertz CT molecular complexity index is 1190. The summed E-state index contributed by atoms with van der Waals surface area (Å²) < 4.78 is 0. The molecule has 0 saturated carbocycles. The molecule has 0 spiro atoms. The lowest BCUT2D eigenvalue weighted by molar-refractivity contribution is 1.15. The van der Waals surface area contributed by atoms with E-state index in [1.54, 1.807) is 6.20 Å². The quantitative estimate of drug-likeness (QED) is 0.385. The van der Waals surface area contributed by atoms with Crippen molar-refractivity contribution in [1.29, 1.82) is 0 Å². The van der Waals surface area contributed by atoms with E-state index in [9.17, 15) is 0 Å².